The quantitative estimate of drug-likeness (QED) is 0.854. The van der Waals surface area contributed by atoms with Crippen LogP contribution in [-0.4, -0.2) is 48.2 Å². The first kappa shape index (κ1) is 15.3. The zero-order chi connectivity index (χ0) is 14.7. The maximum Gasteiger partial charge on any atom is 0.308 e. The predicted octanol–water partition coefficient (Wildman–Crippen LogP) is 1.62. The molecule has 2 fully saturated rings. The van der Waals surface area contributed by atoms with Gasteiger partial charge in [-0.15, -0.1) is 0 Å². The number of carboxylic acids is 1. The van der Waals surface area contributed by atoms with Crippen LogP contribution in [0.15, 0.2) is 0 Å². The number of aliphatic carboxylic acids is 1. The summed E-state index contributed by atoms with van der Waals surface area (Å²) < 4.78 is 5.34. The van der Waals surface area contributed by atoms with E-state index in [-0.39, 0.29) is 17.7 Å². The van der Waals surface area contributed by atoms with Crippen LogP contribution in [0.25, 0.3) is 0 Å². The molecular formula is C15H25NO4. The number of likely N-dealkylation sites (tertiary alicyclic amines) is 1. The minimum atomic E-state index is -0.784. The summed E-state index contributed by atoms with van der Waals surface area (Å²) in [5.41, 5.74) is 0. The van der Waals surface area contributed by atoms with Crippen LogP contribution in [0.2, 0.25) is 0 Å². The number of carbonyl (C=O) groups is 2. The molecule has 2 saturated heterocycles. The van der Waals surface area contributed by atoms with Crippen LogP contribution < -0.4 is 0 Å². The number of hydrogen-bond acceptors (Lipinski definition) is 3. The zero-order valence-electron chi connectivity index (χ0n) is 12.4. The van der Waals surface area contributed by atoms with Crippen molar-refractivity contribution in [3.05, 3.63) is 0 Å². The van der Waals surface area contributed by atoms with Gasteiger partial charge in [-0.05, 0) is 31.1 Å². The molecule has 0 aromatic rings. The van der Waals surface area contributed by atoms with E-state index < -0.39 is 11.9 Å². The van der Waals surface area contributed by atoms with Crippen LogP contribution in [-0.2, 0) is 14.3 Å². The van der Waals surface area contributed by atoms with Crippen LogP contribution >= 0.6 is 0 Å². The molecule has 20 heavy (non-hydrogen) atoms. The van der Waals surface area contributed by atoms with Crippen LogP contribution in [0.4, 0.5) is 0 Å². The fourth-order valence-corrected chi connectivity index (χ4v) is 3.42. The Bertz CT molecular complexity index is 365. The molecule has 0 spiro atoms. The van der Waals surface area contributed by atoms with E-state index in [1.807, 2.05) is 13.8 Å². The average molecular weight is 283 g/mol. The summed E-state index contributed by atoms with van der Waals surface area (Å²) in [6.07, 6.45) is 2.53. The lowest BCUT2D eigenvalue weighted by Crippen LogP contribution is -2.48. The molecule has 0 aromatic heterocycles. The van der Waals surface area contributed by atoms with E-state index in [4.69, 9.17) is 4.74 Å². The summed E-state index contributed by atoms with van der Waals surface area (Å²) in [5.74, 6) is -0.474. The molecular weight excluding hydrogens is 258 g/mol. The fourth-order valence-electron chi connectivity index (χ4n) is 3.42. The molecule has 1 amide bonds. The normalized spacial score (nSPS) is 30.0. The maximum atomic E-state index is 12.6. The smallest absolute Gasteiger partial charge is 0.308 e. The Morgan fingerprint density at radius 3 is 2.50 bits per heavy atom. The van der Waals surface area contributed by atoms with Crippen molar-refractivity contribution in [2.24, 2.45) is 23.7 Å². The van der Waals surface area contributed by atoms with Gasteiger partial charge in [0.25, 0.3) is 0 Å². The number of rotatable bonds is 3. The van der Waals surface area contributed by atoms with Gasteiger partial charge in [-0.25, -0.2) is 0 Å². The van der Waals surface area contributed by atoms with E-state index in [9.17, 15) is 14.7 Å². The summed E-state index contributed by atoms with van der Waals surface area (Å²) in [7, 11) is 0. The van der Waals surface area contributed by atoms with Crippen molar-refractivity contribution in [3.63, 3.8) is 0 Å². The Labute approximate surface area is 120 Å². The van der Waals surface area contributed by atoms with Gasteiger partial charge in [0.05, 0.1) is 5.92 Å². The summed E-state index contributed by atoms with van der Waals surface area (Å²) in [4.78, 5) is 25.6. The second-order valence-corrected chi connectivity index (χ2v) is 6.36. The molecule has 0 aromatic carbocycles. The Morgan fingerprint density at radius 1 is 1.25 bits per heavy atom. The van der Waals surface area contributed by atoms with Crippen molar-refractivity contribution in [1.82, 2.24) is 4.90 Å². The summed E-state index contributed by atoms with van der Waals surface area (Å²) in [5, 5.41) is 9.19. The van der Waals surface area contributed by atoms with Gasteiger partial charge in [0, 0.05) is 32.2 Å². The topological polar surface area (TPSA) is 66.8 Å². The number of carboxylic acid groups (broad SMARTS) is 1. The van der Waals surface area contributed by atoms with Gasteiger partial charge in [0.2, 0.25) is 5.91 Å². The predicted molar refractivity (Wildman–Crippen MR) is 74.2 cm³/mol. The lowest BCUT2D eigenvalue weighted by Gasteiger charge is -2.38. The molecule has 5 nitrogen and oxygen atoms in total. The molecule has 3 atom stereocenters. The number of nitrogens with zero attached hydrogens (tertiary/aromatic N) is 1. The lowest BCUT2D eigenvalue weighted by molar-refractivity contribution is -0.149. The van der Waals surface area contributed by atoms with Crippen LogP contribution in [0, 0.1) is 23.7 Å². The molecule has 5 heteroatoms. The minimum absolute atomic E-state index is 0.0290. The Balaban J connectivity index is 1.97. The van der Waals surface area contributed by atoms with Crippen molar-refractivity contribution in [1.29, 1.82) is 0 Å². The van der Waals surface area contributed by atoms with Gasteiger partial charge in [0.1, 0.15) is 0 Å². The molecule has 3 unspecified atom stereocenters. The summed E-state index contributed by atoms with van der Waals surface area (Å²) >= 11 is 0. The standard InChI is InChI=1S/C15H25NO4/c1-10-7-13(15(18)19)9-16(8-10)14(17)11(2)12-3-5-20-6-4-12/h10-13H,3-9H2,1-2H3,(H,18,19). The first-order chi connectivity index (χ1) is 9.49. The van der Waals surface area contributed by atoms with Crippen molar-refractivity contribution in [2.45, 2.75) is 33.1 Å². The lowest BCUT2D eigenvalue weighted by atomic mass is 9.84. The number of ether oxygens (including phenoxy) is 1. The number of hydrogen-bond donors (Lipinski definition) is 1. The van der Waals surface area contributed by atoms with E-state index in [1.54, 1.807) is 4.90 Å². The number of carbonyl (C=O) groups excluding carboxylic acids is 1. The highest BCUT2D eigenvalue weighted by Crippen LogP contribution is 2.28. The van der Waals surface area contributed by atoms with Crippen LogP contribution in [0.3, 0.4) is 0 Å². The van der Waals surface area contributed by atoms with Gasteiger partial charge in [0.15, 0.2) is 0 Å². The molecule has 0 bridgehead atoms. The van der Waals surface area contributed by atoms with E-state index in [0.29, 0.717) is 25.4 Å². The van der Waals surface area contributed by atoms with Crippen molar-refractivity contribution >= 4 is 11.9 Å². The highest BCUT2D eigenvalue weighted by molar-refractivity contribution is 5.80. The Morgan fingerprint density at radius 2 is 1.90 bits per heavy atom. The van der Waals surface area contributed by atoms with Crippen molar-refractivity contribution in [2.75, 3.05) is 26.3 Å². The second-order valence-electron chi connectivity index (χ2n) is 6.36. The third-order valence-corrected chi connectivity index (χ3v) is 4.68. The van der Waals surface area contributed by atoms with E-state index in [1.165, 1.54) is 0 Å². The molecule has 2 aliphatic heterocycles. The molecule has 2 aliphatic rings. The zero-order valence-corrected chi connectivity index (χ0v) is 12.4. The number of piperidine rings is 1. The highest BCUT2D eigenvalue weighted by atomic mass is 16.5. The highest BCUT2D eigenvalue weighted by Gasteiger charge is 2.35. The third-order valence-electron chi connectivity index (χ3n) is 4.68. The molecule has 0 aliphatic carbocycles. The minimum Gasteiger partial charge on any atom is -0.481 e. The molecule has 0 radical (unpaired) electrons. The van der Waals surface area contributed by atoms with Gasteiger partial charge in [-0.1, -0.05) is 13.8 Å². The number of amides is 1. The Kier molecular flexibility index (Phi) is 5.02. The summed E-state index contributed by atoms with van der Waals surface area (Å²) in [6.45, 7) is 6.52. The Hall–Kier alpha value is -1.10. The molecule has 2 heterocycles. The molecule has 2 rings (SSSR count). The maximum absolute atomic E-state index is 12.6. The van der Waals surface area contributed by atoms with Crippen LogP contribution in [0.5, 0.6) is 0 Å². The van der Waals surface area contributed by atoms with Gasteiger partial charge < -0.3 is 14.7 Å². The third kappa shape index (κ3) is 3.51. The van der Waals surface area contributed by atoms with E-state index in [0.717, 1.165) is 26.1 Å². The first-order valence-corrected chi connectivity index (χ1v) is 7.58. The molecule has 1 N–H and O–H groups in total. The van der Waals surface area contributed by atoms with E-state index >= 15 is 0 Å². The fraction of sp³-hybridized carbons (Fsp3) is 0.867. The van der Waals surface area contributed by atoms with Crippen molar-refractivity contribution in [3.8, 4) is 0 Å². The van der Waals surface area contributed by atoms with Gasteiger partial charge >= 0.3 is 5.97 Å². The first-order valence-electron chi connectivity index (χ1n) is 7.58. The van der Waals surface area contributed by atoms with Crippen LogP contribution in [0.1, 0.15) is 33.1 Å². The second kappa shape index (κ2) is 6.57. The SMILES string of the molecule is CC1CC(C(=O)O)CN(C(=O)C(C)C2CCOCC2)C1. The monoisotopic (exact) mass is 283 g/mol. The van der Waals surface area contributed by atoms with Gasteiger partial charge in [-0.2, -0.15) is 0 Å². The van der Waals surface area contributed by atoms with Gasteiger partial charge in [-0.3, -0.25) is 9.59 Å². The van der Waals surface area contributed by atoms with E-state index in [2.05, 4.69) is 0 Å². The molecule has 0 saturated carbocycles. The average Bonchev–Trinajstić information content (AvgIpc) is 2.46. The molecule has 114 valence electrons. The summed E-state index contributed by atoms with van der Waals surface area (Å²) in [6, 6.07) is 0. The largest absolute Gasteiger partial charge is 0.481 e. The van der Waals surface area contributed by atoms with Crippen molar-refractivity contribution < 1.29 is 19.4 Å².